The van der Waals surface area contributed by atoms with E-state index in [1.807, 2.05) is 6.07 Å². The molecule has 0 spiro atoms. The molecule has 3 rings (SSSR count). The van der Waals surface area contributed by atoms with Crippen LogP contribution in [0.15, 0.2) is 63.8 Å². The summed E-state index contributed by atoms with van der Waals surface area (Å²) in [5, 5.41) is 14.1. The van der Waals surface area contributed by atoms with Gasteiger partial charge < -0.3 is 10.5 Å². The van der Waals surface area contributed by atoms with Crippen LogP contribution in [-0.4, -0.2) is 20.5 Å². The largest absolute Gasteiger partial charge is 0.494 e. The Balaban J connectivity index is 2.05. The summed E-state index contributed by atoms with van der Waals surface area (Å²) in [5.41, 5.74) is 8.00. The van der Waals surface area contributed by atoms with E-state index in [-0.39, 0.29) is 4.90 Å². The number of primary sulfonamides is 1. The van der Waals surface area contributed by atoms with Crippen LogP contribution in [0.25, 0.3) is 10.9 Å². The van der Waals surface area contributed by atoms with Gasteiger partial charge in [0.1, 0.15) is 11.4 Å². The highest BCUT2D eigenvalue weighted by atomic mass is 32.2. The number of benzene rings is 2. The van der Waals surface area contributed by atoms with Crippen LogP contribution >= 0.6 is 0 Å². The maximum Gasteiger partial charge on any atom is 0.238 e. The van der Waals surface area contributed by atoms with Crippen molar-refractivity contribution in [2.75, 3.05) is 12.8 Å². The fourth-order valence-electron chi connectivity index (χ4n) is 2.31. The van der Waals surface area contributed by atoms with E-state index in [4.69, 9.17) is 15.6 Å². The van der Waals surface area contributed by atoms with Crippen molar-refractivity contribution in [3.63, 3.8) is 0 Å². The average Bonchev–Trinajstić information content (AvgIpc) is 2.60. The van der Waals surface area contributed by atoms with Crippen molar-refractivity contribution in [3.05, 3.63) is 48.7 Å². The Labute approximate surface area is 144 Å². The zero-order valence-corrected chi connectivity index (χ0v) is 14.1. The molecular weight excluding hydrogens is 342 g/mol. The van der Waals surface area contributed by atoms with Gasteiger partial charge in [-0.05, 0) is 36.4 Å². The van der Waals surface area contributed by atoms with Crippen LogP contribution in [0.5, 0.6) is 5.75 Å². The summed E-state index contributed by atoms with van der Waals surface area (Å²) in [6.45, 7) is 0. The number of anilines is 1. The molecule has 0 saturated carbocycles. The molecule has 128 valence electrons. The molecule has 4 N–H and O–H groups in total. The van der Waals surface area contributed by atoms with Gasteiger partial charge in [-0.15, -0.1) is 5.11 Å². The maximum absolute atomic E-state index is 11.3. The summed E-state index contributed by atoms with van der Waals surface area (Å²) < 4.78 is 27.9. The number of sulfonamides is 1. The summed E-state index contributed by atoms with van der Waals surface area (Å²) in [6.07, 6.45) is 1.64. The lowest BCUT2D eigenvalue weighted by Gasteiger charge is -2.09. The number of nitrogens with zero attached hydrogens (tertiary/aromatic N) is 3. The van der Waals surface area contributed by atoms with Gasteiger partial charge in [-0.1, -0.05) is 0 Å². The van der Waals surface area contributed by atoms with Gasteiger partial charge in [0.2, 0.25) is 10.0 Å². The second-order valence-corrected chi connectivity index (χ2v) is 6.72. The summed E-state index contributed by atoms with van der Waals surface area (Å²) in [5.74, 6) is 0.461. The standard InChI is InChI=1S/C16H15N5O3S/c1-24-14-9-13(17)15-12(3-2-8-19-15)16(14)21-20-10-4-6-11(7-5-10)25(18,22)23/h2-9H,17H2,1H3,(H2,18,22,23). The summed E-state index contributed by atoms with van der Waals surface area (Å²) >= 11 is 0. The first-order valence-electron chi connectivity index (χ1n) is 7.16. The fourth-order valence-corrected chi connectivity index (χ4v) is 2.82. The minimum absolute atomic E-state index is 0.00571. The van der Waals surface area contributed by atoms with E-state index < -0.39 is 10.0 Å². The van der Waals surface area contributed by atoms with E-state index in [0.717, 1.165) is 0 Å². The van der Waals surface area contributed by atoms with Gasteiger partial charge in [0, 0.05) is 17.6 Å². The second kappa shape index (κ2) is 6.46. The van der Waals surface area contributed by atoms with E-state index in [9.17, 15) is 8.42 Å². The average molecular weight is 357 g/mol. The van der Waals surface area contributed by atoms with Crippen molar-refractivity contribution in [2.24, 2.45) is 15.4 Å². The van der Waals surface area contributed by atoms with Crippen LogP contribution in [-0.2, 0) is 10.0 Å². The Kier molecular flexibility index (Phi) is 4.34. The molecule has 1 heterocycles. The smallest absolute Gasteiger partial charge is 0.238 e. The first-order valence-corrected chi connectivity index (χ1v) is 8.70. The number of hydrogen-bond donors (Lipinski definition) is 2. The molecule has 2 aromatic carbocycles. The van der Waals surface area contributed by atoms with Crippen LogP contribution in [0.1, 0.15) is 0 Å². The van der Waals surface area contributed by atoms with Crippen LogP contribution < -0.4 is 15.6 Å². The molecule has 3 aromatic rings. The Morgan fingerprint density at radius 3 is 2.48 bits per heavy atom. The molecule has 0 atom stereocenters. The predicted octanol–water partition coefficient (Wildman–Crippen LogP) is 2.89. The molecule has 0 aliphatic carbocycles. The van der Waals surface area contributed by atoms with Crippen molar-refractivity contribution >= 4 is 38.0 Å². The van der Waals surface area contributed by atoms with Gasteiger partial charge in [0.05, 0.1) is 28.9 Å². The fraction of sp³-hybridized carbons (Fsp3) is 0.0625. The van der Waals surface area contributed by atoms with Crippen molar-refractivity contribution in [1.82, 2.24) is 4.98 Å². The van der Waals surface area contributed by atoms with Crippen LogP contribution in [0, 0.1) is 0 Å². The second-order valence-electron chi connectivity index (χ2n) is 5.16. The summed E-state index contributed by atoms with van der Waals surface area (Å²) in [7, 11) is -2.23. The molecular formula is C16H15N5O3S. The molecule has 0 radical (unpaired) electrons. The van der Waals surface area contributed by atoms with Gasteiger partial charge in [-0.25, -0.2) is 13.6 Å². The SMILES string of the molecule is COc1cc(N)c2ncccc2c1N=Nc1ccc(S(N)(=O)=O)cc1. The third-order valence-corrected chi connectivity index (χ3v) is 4.44. The van der Waals surface area contributed by atoms with E-state index >= 15 is 0 Å². The predicted molar refractivity (Wildman–Crippen MR) is 94.7 cm³/mol. The Morgan fingerprint density at radius 2 is 1.84 bits per heavy atom. The Hall–Kier alpha value is -3.04. The first-order chi connectivity index (χ1) is 11.9. The molecule has 0 unspecified atom stereocenters. The lowest BCUT2D eigenvalue weighted by atomic mass is 10.1. The topological polar surface area (TPSA) is 133 Å². The van der Waals surface area contributed by atoms with Gasteiger partial charge in [0.25, 0.3) is 0 Å². The number of rotatable bonds is 4. The minimum atomic E-state index is -3.75. The Morgan fingerprint density at radius 1 is 1.12 bits per heavy atom. The van der Waals surface area contributed by atoms with E-state index in [1.165, 1.54) is 31.4 Å². The zero-order valence-electron chi connectivity index (χ0n) is 13.2. The van der Waals surface area contributed by atoms with Crippen molar-refractivity contribution in [1.29, 1.82) is 0 Å². The molecule has 0 amide bonds. The summed E-state index contributed by atoms with van der Waals surface area (Å²) in [6, 6.07) is 11.0. The third-order valence-electron chi connectivity index (χ3n) is 3.51. The third kappa shape index (κ3) is 3.42. The van der Waals surface area contributed by atoms with Gasteiger partial charge >= 0.3 is 0 Å². The molecule has 0 fully saturated rings. The minimum Gasteiger partial charge on any atom is -0.494 e. The normalized spacial score (nSPS) is 11.9. The molecule has 0 aliphatic heterocycles. The number of ether oxygens (including phenoxy) is 1. The number of pyridine rings is 1. The number of methoxy groups -OCH3 is 1. The lowest BCUT2D eigenvalue weighted by Crippen LogP contribution is -2.11. The molecule has 1 aromatic heterocycles. The zero-order chi connectivity index (χ0) is 18.0. The highest BCUT2D eigenvalue weighted by Gasteiger charge is 2.12. The van der Waals surface area contributed by atoms with Crippen molar-refractivity contribution in [3.8, 4) is 5.75 Å². The van der Waals surface area contributed by atoms with E-state index in [2.05, 4.69) is 15.2 Å². The van der Waals surface area contributed by atoms with E-state index in [0.29, 0.717) is 33.7 Å². The van der Waals surface area contributed by atoms with Crippen LogP contribution in [0.4, 0.5) is 17.1 Å². The number of hydrogen-bond acceptors (Lipinski definition) is 7. The highest BCUT2D eigenvalue weighted by Crippen LogP contribution is 2.39. The molecule has 0 aliphatic rings. The Bertz CT molecular complexity index is 1060. The lowest BCUT2D eigenvalue weighted by molar-refractivity contribution is 0.416. The molecule has 9 heteroatoms. The molecule has 0 saturated heterocycles. The number of nitrogen functional groups attached to an aromatic ring is 1. The first kappa shape index (κ1) is 16.8. The monoisotopic (exact) mass is 357 g/mol. The maximum atomic E-state index is 11.3. The van der Waals surface area contributed by atoms with Crippen LogP contribution in [0.3, 0.4) is 0 Å². The number of aromatic nitrogens is 1. The number of fused-ring (bicyclic) bond motifs is 1. The van der Waals surface area contributed by atoms with Gasteiger partial charge in [-0.3, -0.25) is 4.98 Å². The van der Waals surface area contributed by atoms with E-state index in [1.54, 1.807) is 18.3 Å². The quantitative estimate of drug-likeness (QED) is 0.547. The van der Waals surface area contributed by atoms with Gasteiger partial charge in [0.15, 0.2) is 0 Å². The van der Waals surface area contributed by atoms with Gasteiger partial charge in [-0.2, -0.15) is 5.11 Å². The highest BCUT2D eigenvalue weighted by molar-refractivity contribution is 7.89. The van der Waals surface area contributed by atoms with Crippen LogP contribution in [0.2, 0.25) is 0 Å². The van der Waals surface area contributed by atoms with Crippen molar-refractivity contribution in [2.45, 2.75) is 4.90 Å². The molecule has 0 bridgehead atoms. The molecule has 8 nitrogen and oxygen atoms in total. The molecule has 25 heavy (non-hydrogen) atoms. The number of azo groups is 1. The number of nitrogens with two attached hydrogens (primary N) is 2. The summed E-state index contributed by atoms with van der Waals surface area (Å²) in [4.78, 5) is 4.25. The van der Waals surface area contributed by atoms with Crippen molar-refractivity contribution < 1.29 is 13.2 Å².